The van der Waals surface area contributed by atoms with E-state index in [1.165, 1.54) is 6.07 Å². The van der Waals surface area contributed by atoms with E-state index in [-0.39, 0.29) is 16.6 Å². The van der Waals surface area contributed by atoms with Crippen molar-refractivity contribution in [3.8, 4) is 0 Å². The van der Waals surface area contributed by atoms with E-state index in [1.807, 2.05) is 17.0 Å². The fourth-order valence-corrected chi connectivity index (χ4v) is 3.24. The number of aromatic nitrogens is 2. The average molecular weight is 394 g/mol. The van der Waals surface area contributed by atoms with Crippen molar-refractivity contribution < 1.29 is 9.59 Å². The maximum absolute atomic E-state index is 12.5. The van der Waals surface area contributed by atoms with Crippen LogP contribution in [0, 0.1) is 0 Å². The minimum absolute atomic E-state index is 0.0317. The number of hydrogen-bond donors (Lipinski definition) is 1. The molecule has 0 saturated carbocycles. The lowest BCUT2D eigenvalue weighted by atomic mass is 10.1. The summed E-state index contributed by atoms with van der Waals surface area (Å²) in [6.07, 6.45) is 0.299. The normalized spacial score (nSPS) is 14.4. The van der Waals surface area contributed by atoms with Crippen molar-refractivity contribution in [2.24, 2.45) is 5.73 Å². The Kier molecular flexibility index (Phi) is 5.58. The highest BCUT2D eigenvalue weighted by atomic mass is 35.5. The SMILES string of the molecule is NC(=O)c1cc(Cl)nnc1N1CCN(C(=O)Cc2cccc(Cl)c2)CC1. The molecule has 0 spiro atoms. The van der Waals surface area contributed by atoms with Crippen molar-refractivity contribution in [2.75, 3.05) is 31.1 Å². The number of nitrogens with two attached hydrogens (primary N) is 1. The summed E-state index contributed by atoms with van der Waals surface area (Å²) in [6.45, 7) is 2.08. The van der Waals surface area contributed by atoms with Gasteiger partial charge in [-0.3, -0.25) is 9.59 Å². The lowest BCUT2D eigenvalue weighted by Gasteiger charge is -2.35. The molecule has 26 heavy (non-hydrogen) atoms. The van der Waals surface area contributed by atoms with E-state index in [2.05, 4.69) is 10.2 Å². The standard InChI is InChI=1S/C17H17Cl2N5O2/c18-12-3-1-2-11(8-12)9-15(25)23-4-6-24(7-5-23)17-13(16(20)26)10-14(19)21-22-17/h1-3,8,10H,4-7,9H2,(H2,20,26). The zero-order valence-electron chi connectivity index (χ0n) is 13.9. The molecule has 1 saturated heterocycles. The zero-order valence-corrected chi connectivity index (χ0v) is 15.4. The summed E-state index contributed by atoms with van der Waals surface area (Å²) in [5.41, 5.74) is 6.50. The monoisotopic (exact) mass is 393 g/mol. The second-order valence-corrected chi connectivity index (χ2v) is 6.77. The topological polar surface area (TPSA) is 92.4 Å². The van der Waals surface area contributed by atoms with Crippen molar-refractivity contribution in [1.29, 1.82) is 0 Å². The molecule has 136 valence electrons. The molecule has 1 aromatic heterocycles. The molecule has 0 bridgehead atoms. The fourth-order valence-electron chi connectivity index (χ4n) is 2.88. The van der Waals surface area contributed by atoms with Crippen LogP contribution in [0.2, 0.25) is 10.2 Å². The van der Waals surface area contributed by atoms with Crippen LogP contribution < -0.4 is 10.6 Å². The molecule has 2 heterocycles. The Labute approximate surface area is 160 Å². The first-order valence-corrected chi connectivity index (χ1v) is 8.80. The molecule has 0 unspecified atom stereocenters. The molecule has 1 aliphatic heterocycles. The third-order valence-corrected chi connectivity index (χ3v) is 4.61. The van der Waals surface area contributed by atoms with Crippen LogP contribution in [0.4, 0.5) is 5.82 Å². The number of rotatable bonds is 4. The highest BCUT2D eigenvalue weighted by molar-refractivity contribution is 6.30. The summed E-state index contributed by atoms with van der Waals surface area (Å²) < 4.78 is 0. The minimum Gasteiger partial charge on any atom is -0.365 e. The van der Waals surface area contributed by atoms with Crippen LogP contribution in [0.5, 0.6) is 0 Å². The zero-order chi connectivity index (χ0) is 18.7. The molecule has 2 N–H and O–H groups in total. The van der Waals surface area contributed by atoms with Gasteiger partial charge in [0.25, 0.3) is 5.91 Å². The highest BCUT2D eigenvalue weighted by Crippen LogP contribution is 2.21. The van der Waals surface area contributed by atoms with Gasteiger partial charge in [0.15, 0.2) is 11.0 Å². The average Bonchev–Trinajstić information content (AvgIpc) is 2.62. The molecule has 9 heteroatoms. The van der Waals surface area contributed by atoms with Crippen LogP contribution in [0.1, 0.15) is 15.9 Å². The lowest BCUT2D eigenvalue weighted by molar-refractivity contribution is -0.130. The van der Waals surface area contributed by atoms with Crippen molar-refractivity contribution in [1.82, 2.24) is 15.1 Å². The predicted octanol–water partition coefficient (Wildman–Crippen LogP) is 1.77. The van der Waals surface area contributed by atoms with Crippen LogP contribution >= 0.6 is 23.2 Å². The van der Waals surface area contributed by atoms with Crippen molar-refractivity contribution in [3.63, 3.8) is 0 Å². The molecule has 2 aromatic rings. The summed E-state index contributed by atoms with van der Waals surface area (Å²) in [5, 5.41) is 8.50. The Balaban J connectivity index is 1.64. The Morgan fingerprint density at radius 3 is 2.46 bits per heavy atom. The van der Waals surface area contributed by atoms with Gasteiger partial charge in [0.05, 0.1) is 12.0 Å². The second kappa shape index (κ2) is 7.88. The number of hydrogen-bond acceptors (Lipinski definition) is 5. The summed E-state index contributed by atoms with van der Waals surface area (Å²) in [6, 6.07) is 8.68. The number of halogens is 2. The van der Waals surface area contributed by atoms with Gasteiger partial charge in [-0.1, -0.05) is 35.3 Å². The number of carbonyl (C=O) groups excluding carboxylic acids is 2. The van der Waals surface area contributed by atoms with Gasteiger partial charge in [-0.05, 0) is 23.8 Å². The fraction of sp³-hybridized carbons (Fsp3) is 0.294. The first-order chi connectivity index (χ1) is 12.4. The number of primary amides is 1. The number of anilines is 1. The molecule has 0 atom stereocenters. The van der Waals surface area contributed by atoms with Crippen molar-refractivity contribution >= 4 is 40.8 Å². The van der Waals surface area contributed by atoms with Crippen LogP contribution in [-0.4, -0.2) is 53.1 Å². The van der Waals surface area contributed by atoms with E-state index >= 15 is 0 Å². The summed E-state index contributed by atoms with van der Waals surface area (Å²) >= 11 is 11.8. The van der Waals surface area contributed by atoms with Crippen molar-refractivity contribution in [3.05, 3.63) is 51.6 Å². The van der Waals surface area contributed by atoms with Crippen LogP contribution in [-0.2, 0) is 11.2 Å². The Morgan fingerprint density at radius 1 is 1.08 bits per heavy atom. The third-order valence-electron chi connectivity index (χ3n) is 4.19. The predicted molar refractivity (Wildman–Crippen MR) is 99.5 cm³/mol. The molecule has 0 aliphatic carbocycles. The third kappa shape index (κ3) is 4.23. The number of nitrogens with zero attached hydrogens (tertiary/aromatic N) is 4. The first kappa shape index (κ1) is 18.4. The first-order valence-electron chi connectivity index (χ1n) is 8.04. The van der Waals surface area contributed by atoms with Gasteiger partial charge in [-0.15, -0.1) is 10.2 Å². The second-order valence-electron chi connectivity index (χ2n) is 5.94. The molecular weight excluding hydrogens is 377 g/mol. The summed E-state index contributed by atoms with van der Waals surface area (Å²) in [7, 11) is 0. The molecule has 7 nitrogen and oxygen atoms in total. The molecule has 0 radical (unpaired) electrons. The number of amides is 2. The number of benzene rings is 1. The molecule has 1 fully saturated rings. The number of piperazine rings is 1. The van der Waals surface area contributed by atoms with Gasteiger partial charge in [0.1, 0.15) is 0 Å². The van der Waals surface area contributed by atoms with Gasteiger partial charge >= 0.3 is 0 Å². The summed E-state index contributed by atoms with van der Waals surface area (Å²) in [4.78, 5) is 27.8. The van der Waals surface area contributed by atoms with Gasteiger partial charge in [-0.2, -0.15) is 0 Å². The quantitative estimate of drug-likeness (QED) is 0.854. The van der Waals surface area contributed by atoms with E-state index in [4.69, 9.17) is 28.9 Å². The van der Waals surface area contributed by atoms with Crippen LogP contribution in [0.3, 0.4) is 0 Å². The molecule has 1 aliphatic rings. The maximum Gasteiger partial charge on any atom is 0.252 e. The van der Waals surface area contributed by atoms with E-state index in [1.54, 1.807) is 17.0 Å². The molecule has 2 amide bonds. The van der Waals surface area contributed by atoms with E-state index in [0.29, 0.717) is 43.4 Å². The van der Waals surface area contributed by atoms with Gasteiger partial charge < -0.3 is 15.5 Å². The van der Waals surface area contributed by atoms with E-state index < -0.39 is 5.91 Å². The van der Waals surface area contributed by atoms with Crippen LogP contribution in [0.15, 0.2) is 30.3 Å². The van der Waals surface area contributed by atoms with Gasteiger partial charge in [0, 0.05) is 31.2 Å². The highest BCUT2D eigenvalue weighted by Gasteiger charge is 2.25. The summed E-state index contributed by atoms with van der Waals surface area (Å²) in [5.74, 6) is -0.190. The maximum atomic E-state index is 12.5. The van der Waals surface area contributed by atoms with E-state index in [0.717, 1.165) is 5.56 Å². The Hall–Kier alpha value is -2.38. The Morgan fingerprint density at radius 2 is 1.81 bits per heavy atom. The largest absolute Gasteiger partial charge is 0.365 e. The van der Waals surface area contributed by atoms with E-state index in [9.17, 15) is 9.59 Å². The smallest absolute Gasteiger partial charge is 0.252 e. The molecule has 1 aromatic carbocycles. The van der Waals surface area contributed by atoms with Gasteiger partial charge in [0.2, 0.25) is 5.91 Å². The molecule has 3 rings (SSSR count). The minimum atomic E-state index is -0.615. The molecular formula is C17H17Cl2N5O2. The van der Waals surface area contributed by atoms with Crippen LogP contribution in [0.25, 0.3) is 0 Å². The number of carbonyl (C=O) groups is 2. The Bertz CT molecular complexity index is 838. The van der Waals surface area contributed by atoms with Gasteiger partial charge in [-0.25, -0.2) is 0 Å². The lowest BCUT2D eigenvalue weighted by Crippen LogP contribution is -2.50. The van der Waals surface area contributed by atoms with Crippen molar-refractivity contribution in [2.45, 2.75) is 6.42 Å².